The molecule has 0 aromatic carbocycles. The van der Waals surface area contributed by atoms with Gasteiger partial charge in [0.15, 0.2) is 5.13 Å². The number of carbonyl (C=O) groups is 2. The maximum atomic E-state index is 13.3. The summed E-state index contributed by atoms with van der Waals surface area (Å²) in [6.45, 7) is 3.27. The van der Waals surface area contributed by atoms with Gasteiger partial charge in [-0.3, -0.25) is 10.2 Å². The van der Waals surface area contributed by atoms with Crippen molar-refractivity contribution in [3.8, 4) is 0 Å². The second-order valence-electron chi connectivity index (χ2n) is 9.10. The van der Waals surface area contributed by atoms with Crippen molar-refractivity contribution in [2.45, 2.75) is 82.8 Å². The first-order chi connectivity index (χ1) is 15.1. The number of aromatic nitrogens is 1. The van der Waals surface area contributed by atoms with Crippen LogP contribution >= 0.6 is 11.3 Å². The minimum atomic E-state index is -0.845. The number of rotatable bonds is 5. The van der Waals surface area contributed by atoms with E-state index in [1.807, 2.05) is 6.20 Å². The number of carbonyl (C=O) groups excluding carboxylic acids is 1. The lowest BCUT2D eigenvalue weighted by Gasteiger charge is -2.41. The zero-order valence-electron chi connectivity index (χ0n) is 18.3. The molecule has 0 radical (unpaired) electrons. The Morgan fingerprint density at radius 1 is 1.00 bits per heavy atom. The Bertz CT molecular complexity index is 719. The van der Waals surface area contributed by atoms with Gasteiger partial charge in [0.1, 0.15) is 0 Å². The fourth-order valence-corrected chi connectivity index (χ4v) is 6.10. The van der Waals surface area contributed by atoms with Crippen molar-refractivity contribution < 1.29 is 14.7 Å². The number of hydrogen-bond donors (Lipinski definition) is 2. The first-order valence-electron chi connectivity index (χ1n) is 11.8. The lowest BCUT2D eigenvalue weighted by atomic mass is 9.89. The van der Waals surface area contributed by atoms with Gasteiger partial charge in [0, 0.05) is 55.9 Å². The molecule has 2 saturated carbocycles. The number of urea groups is 1. The topological polar surface area (TPSA) is 89.0 Å². The second kappa shape index (κ2) is 10.6. The van der Waals surface area contributed by atoms with Gasteiger partial charge in [0.25, 0.3) is 0 Å². The van der Waals surface area contributed by atoms with Crippen molar-refractivity contribution in [2.24, 2.45) is 0 Å². The molecule has 2 heterocycles. The minimum absolute atomic E-state index is 0.0229. The van der Waals surface area contributed by atoms with Crippen LogP contribution in [0.2, 0.25) is 0 Å². The van der Waals surface area contributed by atoms with Gasteiger partial charge in [-0.15, -0.1) is 11.3 Å². The summed E-state index contributed by atoms with van der Waals surface area (Å²) in [4.78, 5) is 35.8. The average molecular weight is 450 g/mol. The Labute approximate surface area is 188 Å². The van der Waals surface area contributed by atoms with Crippen LogP contribution in [0.3, 0.4) is 0 Å². The van der Waals surface area contributed by atoms with E-state index in [0.29, 0.717) is 30.3 Å². The molecule has 3 amide bonds. The number of anilines is 1. The summed E-state index contributed by atoms with van der Waals surface area (Å²) in [6.07, 6.45) is 12.9. The molecule has 31 heavy (non-hydrogen) atoms. The third kappa shape index (κ3) is 5.88. The largest absolute Gasteiger partial charge is 0.465 e. The fraction of sp³-hybridized carbons (Fsp3) is 0.773. The van der Waals surface area contributed by atoms with E-state index in [9.17, 15) is 9.59 Å². The van der Waals surface area contributed by atoms with Crippen molar-refractivity contribution >= 4 is 28.6 Å². The van der Waals surface area contributed by atoms with Gasteiger partial charge >= 0.3 is 12.1 Å². The Morgan fingerprint density at radius 3 is 2.13 bits per heavy atom. The molecule has 0 atom stereocenters. The summed E-state index contributed by atoms with van der Waals surface area (Å²) >= 11 is 1.53. The number of piperazine rings is 1. The van der Waals surface area contributed by atoms with E-state index >= 15 is 0 Å². The molecule has 0 spiro atoms. The predicted molar refractivity (Wildman–Crippen MR) is 122 cm³/mol. The summed E-state index contributed by atoms with van der Waals surface area (Å²) in [6, 6.07) is 0.749. The zero-order chi connectivity index (χ0) is 21.6. The molecule has 2 aliphatic carbocycles. The number of nitrogens with zero attached hydrogens (tertiary/aromatic N) is 4. The number of hydrogen-bond acceptors (Lipinski definition) is 5. The highest BCUT2D eigenvalue weighted by Gasteiger charge is 2.33. The maximum Gasteiger partial charge on any atom is 0.407 e. The van der Waals surface area contributed by atoms with E-state index in [0.717, 1.165) is 50.2 Å². The van der Waals surface area contributed by atoms with Gasteiger partial charge in [0.2, 0.25) is 0 Å². The van der Waals surface area contributed by atoms with E-state index in [4.69, 9.17) is 5.11 Å². The van der Waals surface area contributed by atoms with Crippen LogP contribution in [0.15, 0.2) is 6.20 Å². The SMILES string of the molecule is O=C(O)N1CCN(Cc2cnc(NC(=O)N(C3CCCCC3)C3CCCCC3)s2)CC1. The molecule has 0 bridgehead atoms. The van der Waals surface area contributed by atoms with Crippen molar-refractivity contribution in [3.63, 3.8) is 0 Å². The van der Waals surface area contributed by atoms with Crippen LogP contribution in [0, 0.1) is 0 Å². The Hall–Kier alpha value is -1.87. The van der Waals surface area contributed by atoms with Crippen molar-refractivity contribution in [3.05, 3.63) is 11.1 Å². The fourth-order valence-electron chi connectivity index (χ4n) is 5.26. The summed E-state index contributed by atoms with van der Waals surface area (Å²) < 4.78 is 0. The quantitative estimate of drug-likeness (QED) is 0.694. The molecule has 4 rings (SSSR count). The molecule has 0 unspecified atom stereocenters. The van der Waals surface area contributed by atoms with E-state index in [2.05, 4.69) is 20.1 Å². The number of thiazole rings is 1. The smallest absolute Gasteiger partial charge is 0.407 e. The molecule has 1 saturated heterocycles. The van der Waals surface area contributed by atoms with Crippen molar-refractivity contribution in [1.29, 1.82) is 0 Å². The molecule has 3 aliphatic rings. The van der Waals surface area contributed by atoms with Crippen molar-refractivity contribution in [1.82, 2.24) is 19.7 Å². The van der Waals surface area contributed by atoms with Crippen molar-refractivity contribution in [2.75, 3.05) is 31.5 Å². The molecule has 1 aromatic heterocycles. The van der Waals surface area contributed by atoms with E-state index in [-0.39, 0.29) is 6.03 Å². The summed E-state index contributed by atoms with van der Waals surface area (Å²) in [5, 5.41) is 12.9. The van der Waals surface area contributed by atoms with E-state index in [1.54, 1.807) is 0 Å². The summed E-state index contributed by atoms with van der Waals surface area (Å²) in [5.41, 5.74) is 0. The standard InChI is InChI=1S/C22H35N5O3S/c28-21(27(17-7-3-1-4-8-17)18-9-5-2-6-10-18)24-20-23-15-19(31-20)16-25-11-13-26(14-12-25)22(29)30/h15,17-18H,1-14,16H2,(H,29,30)(H,23,24,28). The molecule has 172 valence electrons. The third-order valence-corrected chi connectivity index (χ3v) is 7.86. The Kier molecular flexibility index (Phi) is 7.66. The minimum Gasteiger partial charge on any atom is -0.465 e. The maximum absolute atomic E-state index is 13.3. The molecule has 3 fully saturated rings. The van der Waals surface area contributed by atoms with Crippen LogP contribution in [-0.4, -0.2) is 75.2 Å². The second-order valence-corrected chi connectivity index (χ2v) is 10.2. The monoisotopic (exact) mass is 449 g/mol. The molecule has 8 nitrogen and oxygen atoms in total. The van der Waals surface area contributed by atoms with Crippen LogP contribution in [-0.2, 0) is 6.54 Å². The first-order valence-corrected chi connectivity index (χ1v) is 12.7. The van der Waals surface area contributed by atoms with Gasteiger partial charge in [-0.05, 0) is 25.7 Å². The number of amides is 3. The van der Waals surface area contributed by atoms with Crippen LogP contribution in [0.1, 0.15) is 69.1 Å². The lowest BCUT2D eigenvalue weighted by Crippen LogP contribution is -2.50. The molecule has 1 aromatic rings. The summed E-state index contributed by atoms with van der Waals surface area (Å²) in [7, 11) is 0. The van der Waals surface area contributed by atoms with E-state index < -0.39 is 6.09 Å². The molecule has 9 heteroatoms. The van der Waals surface area contributed by atoms with Gasteiger partial charge in [-0.25, -0.2) is 14.6 Å². The highest BCUT2D eigenvalue weighted by molar-refractivity contribution is 7.15. The summed E-state index contributed by atoms with van der Waals surface area (Å²) in [5.74, 6) is 0. The highest BCUT2D eigenvalue weighted by atomic mass is 32.1. The van der Waals surface area contributed by atoms with Crippen LogP contribution in [0.25, 0.3) is 0 Å². The third-order valence-electron chi connectivity index (χ3n) is 6.96. The molecular formula is C22H35N5O3S. The van der Waals surface area contributed by atoms with E-state index in [1.165, 1.54) is 54.8 Å². The zero-order valence-corrected chi connectivity index (χ0v) is 19.1. The van der Waals surface area contributed by atoms with Gasteiger partial charge < -0.3 is 14.9 Å². The van der Waals surface area contributed by atoms with Gasteiger partial charge in [-0.1, -0.05) is 38.5 Å². The number of nitrogens with one attached hydrogen (secondary N) is 1. The molecule has 1 aliphatic heterocycles. The average Bonchev–Trinajstić information content (AvgIpc) is 3.22. The lowest BCUT2D eigenvalue weighted by molar-refractivity contribution is 0.103. The first kappa shape index (κ1) is 22.3. The van der Waals surface area contributed by atoms with Gasteiger partial charge in [-0.2, -0.15) is 0 Å². The van der Waals surface area contributed by atoms with Crippen LogP contribution in [0.5, 0.6) is 0 Å². The predicted octanol–water partition coefficient (Wildman–Crippen LogP) is 4.44. The molecule has 2 N–H and O–H groups in total. The highest BCUT2D eigenvalue weighted by Crippen LogP contribution is 2.31. The Balaban J connectivity index is 1.34. The van der Waals surface area contributed by atoms with Crippen LogP contribution < -0.4 is 5.32 Å². The Morgan fingerprint density at radius 2 is 1.58 bits per heavy atom. The number of carboxylic acid groups (broad SMARTS) is 1. The normalized spacial score (nSPS) is 21.7. The van der Waals surface area contributed by atoms with Crippen LogP contribution in [0.4, 0.5) is 14.7 Å². The molecular weight excluding hydrogens is 414 g/mol. The van der Waals surface area contributed by atoms with Gasteiger partial charge in [0.05, 0.1) is 0 Å².